The number of hydrogen-bond acceptors (Lipinski definition) is 25. The number of amides is 4. The van der Waals surface area contributed by atoms with Crippen LogP contribution in [-0.4, -0.2) is 169 Å². The summed E-state index contributed by atoms with van der Waals surface area (Å²) in [6, 6.07) is 3.70. The van der Waals surface area contributed by atoms with Gasteiger partial charge in [-0.1, -0.05) is 92.7 Å². The molecule has 7 N–H and O–H groups in total. The van der Waals surface area contributed by atoms with Gasteiger partial charge in [0.25, 0.3) is 23.6 Å². The van der Waals surface area contributed by atoms with Gasteiger partial charge < -0.3 is 21.1 Å². The molecule has 4 aliphatic heterocycles. The maximum Gasteiger partial charge on any atom is 1.00 e. The summed E-state index contributed by atoms with van der Waals surface area (Å²) in [5, 5.41) is 25.5. The van der Waals surface area contributed by atoms with Gasteiger partial charge in [-0.25, -0.2) is 24.0 Å². The van der Waals surface area contributed by atoms with Crippen LogP contribution in [-0.2, 0) is 81.8 Å². The van der Waals surface area contributed by atoms with Gasteiger partial charge in [0.15, 0.2) is 0 Å². The molecule has 31 nitrogen and oxygen atoms in total. The van der Waals surface area contributed by atoms with Crippen molar-refractivity contribution in [3.05, 3.63) is 30.6 Å². The monoisotopic (exact) mass is 1350 g/mol. The van der Waals surface area contributed by atoms with Gasteiger partial charge >= 0.3 is 80.4 Å². The standard InChI is InChI=1S/C16H36N.2C6H11NO5S.C6H11NO2.C5H10N2O5S.C5H5N.CH4O3S.CH4.K.HO4P.H/c1-5-9-13-17(14-10-6-2,15-11-7-3)16-12-8-4;2*1-4-5(8)7(6(4,2)3)12-13(9,10)11;1-4-5(8)7(9)6(4,2)3;1-5(2)3(6)4(8)7(5)12-13(9,10)11;1-2-4-6-5-3-1;1-5-4-3-2;;;1-4-5(2)3;/h5-16H2,1-4H3;2*4H,1-3H3,(H,9,10,11);4,9H,1-3H3;3H,6H2,1-2H3,(H,9,10,11);1-5H;2H,1H3;1H4;;1H;/q+1;;;;;;;;+1;;-1/p-1/t;3*4-;3-;;;;;;/m.1111....../s1/i;3*2D3,3D3;1D3,2D3;;;;;;. The van der Waals surface area contributed by atoms with Gasteiger partial charge in [0, 0.05) is 68.3 Å². The first-order valence-electron chi connectivity index (χ1n) is 35.4. The smallest absolute Gasteiger partial charge is 1.00 e. The van der Waals surface area contributed by atoms with Gasteiger partial charge in [-0.3, -0.25) is 38.5 Å². The van der Waals surface area contributed by atoms with Crippen LogP contribution >= 0.6 is 20.3 Å². The number of quaternary nitrogens is 1. The zero-order valence-corrected chi connectivity index (χ0v) is 53.3. The van der Waals surface area contributed by atoms with Crippen LogP contribution in [0.4, 0.5) is 0 Å². The molecule has 37 heteroatoms. The Kier molecular flexibility index (Phi) is 26.1. The maximum atomic E-state index is 11.5. The number of nitrogens with two attached hydrogens (primary N) is 1. The van der Waals surface area contributed by atoms with E-state index in [0.29, 0.717) is 0 Å². The van der Waals surface area contributed by atoms with E-state index in [-0.39, 0.29) is 75.4 Å². The summed E-state index contributed by atoms with van der Waals surface area (Å²) < 4.78 is 292. The summed E-state index contributed by atoms with van der Waals surface area (Å²) in [5.74, 6) is -8.95. The Bertz CT molecular complexity index is 2930. The molecule has 4 aliphatic rings. The first-order chi connectivity index (χ1) is 46.9. The summed E-state index contributed by atoms with van der Waals surface area (Å²) >= 11 is 0.929. The number of carbonyl (C=O) groups is 4. The molecule has 0 bridgehead atoms. The number of unbranched alkanes of at least 4 members (excludes halogenated alkanes) is 4. The molecule has 486 valence electrons. The molecule has 4 saturated heterocycles. The molecule has 1 unspecified atom stereocenters. The molecule has 0 saturated carbocycles. The van der Waals surface area contributed by atoms with Crippen molar-refractivity contribution in [3.63, 3.8) is 0 Å². The fourth-order valence-electron chi connectivity index (χ4n) is 6.02. The Hall–Kier alpha value is -1.63. The van der Waals surface area contributed by atoms with Crippen molar-refractivity contribution in [1.82, 2.24) is 25.2 Å². The molecule has 1 aromatic heterocycles. The van der Waals surface area contributed by atoms with Gasteiger partial charge in [-0.15, -0.1) is 12.9 Å². The van der Waals surface area contributed by atoms with E-state index in [9.17, 15) is 54.2 Å². The van der Waals surface area contributed by atoms with Crippen LogP contribution < -0.4 is 62.0 Å². The Morgan fingerprint density at radius 2 is 1.00 bits per heavy atom. The summed E-state index contributed by atoms with van der Waals surface area (Å²) in [6.45, 7) is -7.41. The SMILES string of the molecule is C.CCCC[N+](CCCC)(CCCC)CCCC.CSOOO.O=[P+]([O-])OO.[2H]C([2H])([2H])C1(C([2H])([2H])[2H])[C@H](C)C(=O)N1O.[2H]C([2H])([2H])C1(C([2H])([2H])[2H])[C@H](C)C(=O)N1OS(=O)(=O)O.[2H]C([2H])([2H])C1(C([2H])([2H])[2H])[C@H](C)C(=O)N1OS(=O)(=O)[O-].[2H]C([2H])([2H])C1(C([2H])([2H])[2H])[C@H](N)C(=O)N1OS(=O)(=O)O.[H-].[K+].c1ccncc1. The second-order valence-electron chi connectivity index (χ2n) is 17.0. The quantitative estimate of drug-likeness (QED) is 0.00984. The van der Waals surface area contributed by atoms with Crippen LogP contribution in [0.25, 0.3) is 0 Å². The third kappa shape index (κ3) is 32.4. The summed E-state index contributed by atoms with van der Waals surface area (Å²) in [4.78, 5) is 58.0. The average Bonchev–Trinajstić information content (AvgIpc) is 0.707. The zero-order valence-electron chi connectivity index (χ0n) is 71.0. The fourth-order valence-corrected chi connectivity index (χ4v) is 7.22. The molecular formula is C46H93KN7O24PS4. The minimum Gasteiger partial charge on any atom is -1.00 e. The number of carbonyl (C=O) groups excluding carboxylic acids is 4. The van der Waals surface area contributed by atoms with E-state index in [2.05, 4.69) is 59.6 Å². The molecule has 1 aromatic rings. The van der Waals surface area contributed by atoms with Gasteiger partial charge in [0.05, 0.1) is 66.1 Å². The van der Waals surface area contributed by atoms with E-state index >= 15 is 0 Å². The van der Waals surface area contributed by atoms with Crippen molar-refractivity contribution < 1.29 is 200 Å². The molecule has 0 aromatic carbocycles. The molecule has 0 aliphatic carbocycles. The second-order valence-corrected chi connectivity index (χ2v) is 21.1. The first kappa shape index (κ1) is 52.2. The Labute approximate surface area is 574 Å². The summed E-state index contributed by atoms with van der Waals surface area (Å²) in [5.41, 5.74) is -6.00. The van der Waals surface area contributed by atoms with Gasteiger partial charge in [0.1, 0.15) is 6.04 Å². The van der Waals surface area contributed by atoms with Crippen molar-refractivity contribution in [2.75, 3.05) is 32.4 Å². The fraction of sp³-hybridized carbons (Fsp3) is 0.804. The molecule has 5 atom stereocenters. The molecule has 83 heavy (non-hydrogen) atoms. The number of hydrogen-bond donors (Lipinski definition) is 6. The van der Waals surface area contributed by atoms with Crippen LogP contribution in [0.15, 0.2) is 30.6 Å². The molecule has 5 rings (SSSR count). The average molecular weight is 1350 g/mol. The summed E-state index contributed by atoms with van der Waals surface area (Å²) in [6.07, 6.45) is 16.2. The predicted octanol–water partition coefficient (Wildman–Crippen LogP) is 2.93. The minimum atomic E-state index is -5.48. The molecule has 0 radical (unpaired) electrons. The van der Waals surface area contributed by atoms with Crippen molar-refractivity contribution in [1.29, 1.82) is 0 Å². The number of hydroxylamine groups is 8. The van der Waals surface area contributed by atoms with Gasteiger partial charge in [-0.2, -0.15) is 36.3 Å². The molecule has 4 fully saturated rings. The number of rotatable bonds is 21. The third-order valence-corrected chi connectivity index (χ3v) is 12.3. The largest absolute Gasteiger partial charge is 1.00 e. The Balaban J connectivity index is -0.000000284. The number of pyridine rings is 1. The zero-order chi connectivity index (χ0) is 84.2. The molecule has 4 amide bonds. The minimum absolute atomic E-state index is 0. The molecule has 5 heterocycles. The number of β-lactam (4-membered cyclic amide) rings is 4. The number of aromatic nitrogens is 1. The van der Waals surface area contributed by atoms with Crippen LogP contribution in [0.5, 0.6) is 0 Å². The third-order valence-electron chi connectivity index (χ3n) is 11.0. The maximum absolute atomic E-state index is 11.5. The second kappa shape index (κ2) is 41.6. The van der Waals surface area contributed by atoms with E-state index < -0.39 is 169 Å². The molecule has 0 spiro atoms. The number of nitrogens with zero attached hydrogens (tertiary/aromatic N) is 6. The van der Waals surface area contributed by atoms with Crippen LogP contribution in [0.3, 0.4) is 0 Å². The normalized spacial score (nSPS) is 26.0. The van der Waals surface area contributed by atoms with Crippen molar-refractivity contribution >= 4 is 75.1 Å². The van der Waals surface area contributed by atoms with Crippen LogP contribution in [0.2, 0.25) is 0 Å². The molecular weight excluding hydrogens is 1230 g/mol. The Morgan fingerprint density at radius 3 is 1.20 bits per heavy atom. The van der Waals surface area contributed by atoms with E-state index in [1.807, 2.05) is 18.2 Å². The van der Waals surface area contributed by atoms with E-state index in [0.717, 1.165) is 25.9 Å². The van der Waals surface area contributed by atoms with Crippen molar-refractivity contribution in [2.45, 2.75) is 190 Å². The van der Waals surface area contributed by atoms with Gasteiger partial charge in [0.2, 0.25) is 10.4 Å². The topological polar surface area (TPSA) is 442 Å². The van der Waals surface area contributed by atoms with Crippen molar-refractivity contribution in [3.8, 4) is 0 Å². The first-order valence-corrected chi connectivity index (χ1v) is 29.7. The predicted molar refractivity (Wildman–Crippen MR) is 298 cm³/mol. The van der Waals surface area contributed by atoms with Gasteiger partial charge in [-0.05, 0) is 97.2 Å². The summed E-state index contributed by atoms with van der Waals surface area (Å²) in [7, 11) is -19.0. The van der Waals surface area contributed by atoms with Crippen molar-refractivity contribution in [2.24, 2.45) is 23.5 Å². The van der Waals surface area contributed by atoms with Crippen LogP contribution in [0.1, 0.15) is 196 Å². The van der Waals surface area contributed by atoms with Crippen LogP contribution in [0, 0.1) is 17.8 Å². The Morgan fingerprint density at radius 1 is 0.675 bits per heavy atom. The van der Waals surface area contributed by atoms with E-state index in [1.54, 1.807) is 18.6 Å². The van der Waals surface area contributed by atoms with E-state index in [4.69, 9.17) is 67.7 Å². The van der Waals surface area contributed by atoms with E-state index in [1.165, 1.54) is 89.0 Å².